The van der Waals surface area contributed by atoms with Crippen LogP contribution in [0.1, 0.15) is 24.8 Å². The van der Waals surface area contributed by atoms with Crippen LogP contribution in [0.4, 0.5) is 8.78 Å². The van der Waals surface area contributed by atoms with E-state index in [1.54, 1.807) is 0 Å². The summed E-state index contributed by atoms with van der Waals surface area (Å²) < 4.78 is 26.5. The minimum atomic E-state index is -0.651. The van der Waals surface area contributed by atoms with Gasteiger partial charge in [-0.3, -0.25) is 4.79 Å². The van der Waals surface area contributed by atoms with E-state index < -0.39 is 11.6 Å². The van der Waals surface area contributed by atoms with Crippen LogP contribution in [0.15, 0.2) is 18.2 Å². The molecule has 0 bridgehead atoms. The van der Waals surface area contributed by atoms with E-state index in [0.29, 0.717) is 11.8 Å². The van der Waals surface area contributed by atoms with Crippen molar-refractivity contribution in [3.05, 3.63) is 35.4 Å². The Hall–Kier alpha value is -1.49. The molecule has 1 aliphatic heterocycles. The van der Waals surface area contributed by atoms with Crippen molar-refractivity contribution in [3.63, 3.8) is 0 Å². The van der Waals surface area contributed by atoms with Crippen LogP contribution < -0.4 is 5.73 Å². The van der Waals surface area contributed by atoms with Crippen LogP contribution in [0.25, 0.3) is 0 Å². The first-order chi connectivity index (χ1) is 10.0. The maximum atomic E-state index is 13.6. The Balaban J connectivity index is 1.64. The smallest absolute Gasteiger partial charge is 0.227 e. The van der Waals surface area contributed by atoms with Crippen LogP contribution in [0, 0.1) is 23.5 Å². The molecule has 1 unspecified atom stereocenters. The van der Waals surface area contributed by atoms with Crippen molar-refractivity contribution in [1.82, 2.24) is 4.90 Å². The van der Waals surface area contributed by atoms with Gasteiger partial charge in [-0.15, -0.1) is 0 Å². The zero-order chi connectivity index (χ0) is 15.0. The van der Waals surface area contributed by atoms with Gasteiger partial charge in [0.15, 0.2) is 0 Å². The van der Waals surface area contributed by atoms with Crippen molar-refractivity contribution in [1.29, 1.82) is 0 Å². The number of carbonyl (C=O) groups is 1. The predicted molar refractivity (Wildman–Crippen MR) is 75.4 cm³/mol. The van der Waals surface area contributed by atoms with Crippen LogP contribution in [0.5, 0.6) is 0 Å². The van der Waals surface area contributed by atoms with E-state index in [4.69, 9.17) is 5.73 Å². The van der Waals surface area contributed by atoms with Gasteiger partial charge in [-0.2, -0.15) is 0 Å². The molecular weight excluding hydrogens is 274 g/mol. The Bertz CT molecular complexity index is 549. The number of rotatable bonds is 2. The normalized spacial score (nSPS) is 28.5. The molecule has 3 rings (SSSR count). The van der Waals surface area contributed by atoms with Crippen LogP contribution in [-0.4, -0.2) is 29.9 Å². The van der Waals surface area contributed by atoms with E-state index >= 15 is 0 Å². The number of nitrogens with zero attached hydrogens (tertiary/aromatic N) is 1. The Labute approximate surface area is 123 Å². The van der Waals surface area contributed by atoms with Gasteiger partial charge in [-0.05, 0) is 42.7 Å². The number of hydrogen-bond donors (Lipinski definition) is 1. The molecule has 1 aromatic rings. The fourth-order valence-electron chi connectivity index (χ4n) is 3.61. The van der Waals surface area contributed by atoms with Gasteiger partial charge in [-0.25, -0.2) is 8.78 Å². The molecule has 3 atom stereocenters. The molecule has 2 aliphatic rings. The first-order valence-corrected chi connectivity index (χ1v) is 7.50. The van der Waals surface area contributed by atoms with Gasteiger partial charge in [0.05, 0.1) is 6.42 Å². The van der Waals surface area contributed by atoms with Gasteiger partial charge in [0.1, 0.15) is 11.6 Å². The average molecular weight is 294 g/mol. The topological polar surface area (TPSA) is 46.3 Å². The SMILES string of the molecule is NC1CC[C@@H]2CN(C(=O)Cc3ccc(F)cc3F)C[C@@H]2C1. The van der Waals surface area contributed by atoms with Crippen LogP contribution >= 0.6 is 0 Å². The molecule has 0 radical (unpaired) electrons. The van der Waals surface area contributed by atoms with Crippen molar-refractivity contribution in [3.8, 4) is 0 Å². The van der Waals surface area contributed by atoms with Crippen LogP contribution in [-0.2, 0) is 11.2 Å². The molecule has 5 heteroatoms. The lowest BCUT2D eigenvalue weighted by atomic mass is 9.79. The Morgan fingerprint density at radius 2 is 2.00 bits per heavy atom. The summed E-state index contributed by atoms with van der Waals surface area (Å²) in [6, 6.07) is 3.61. The monoisotopic (exact) mass is 294 g/mol. The number of amides is 1. The van der Waals surface area contributed by atoms with E-state index in [1.165, 1.54) is 12.1 Å². The lowest BCUT2D eigenvalue weighted by molar-refractivity contribution is -0.129. The van der Waals surface area contributed by atoms with Crippen LogP contribution in [0.2, 0.25) is 0 Å². The first kappa shape index (κ1) is 14.4. The molecule has 0 spiro atoms. The summed E-state index contributed by atoms with van der Waals surface area (Å²) >= 11 is 0. The second-order valence-corrected chi connectivity index (χ2v) is 6.30. The lowest BCUT2D eigenvalue weighted by Gasteiger charge is -2.27. The summed E-state index contributed by atoms with van der Waals surface area (Å²) in [7, 11) is 0. The van der Waals surface area contributed by atoms with Gasteiger partial charge in [-0.1, -0.05) is 6.07 Å². The molecule has 1 saturated heterocycles. The van der Waals surface area contributed by atoms with Gasteiger partial charge < -0.3 is 10.6 Å². The Kier molecular flexibility index (Phi) is 3.93. The largest absolute Gasteiger partial charge is 0.342 e. The van der Waals surface area contributed by atoms with Crippen molar-refractivity contribution in [2.24, 2.45) is 17.6 Å². The van der Waals surface area contributed by atoms with Crippen molar-refractivity contribution in [2.75, 3.05) is 13.1 Å². The zero-order valence-electron chi connectivity index (χ0n) is 11.9. The number of nitrogens with two attached hydrogens (primary N) is 1. The highest BCUT2D eigenvalue weighted by atomic mass is 19.1. The summed E-state index contributed by atoms with van der Waals surface area (Å²) in [5.74, 6) is -0.335. The maximum Gasteiger partial charge on any atom is 0.227 e. The second kappa shape index (κ2) is 5.72. The lowest BCUT2D eigenvalue weighted by Crippen LogP contribution is -2.32. The molecule has 1 amide bonds. The highest BCUT2D eigenvalue weighted by molar-refractivity contribution is 5.79. The third-order valence-corrected chi connectivity index (χ3v) is 4.80. The standard InChI is InChI=1S/C16H20F2N2O/c17-13-3-1-10(15(18)7-13)6-16(21)20-8-11-2-4-14(19)5-12(11)9-20/h1,3,7,11-12,14H,2,4-6,8-9,19H2/t11-,12+,14?/m1/s1. The summed E-state index contributed by atoms with van der Waals surface area (Å²) in [4.78, 5) is 14.1. The zero-order valence-corrected chi connectivity index (χ0v) is 11.9. The third-order valence-electron chi connectivity index (χ3n) is 4.80. The Morgan fingerprint density at radius 1 is 1.24 bits per heavy atom. The number of likely N-dealkylation sites (tertiary alicyclic amines) is 1. The van der Waals surface area contributed by atoms with Gasteiger partial charge in [0.25, 0.3) is 0 Å². The van der Waals surface area contributed by atoms with Gasteiger partial charge in [0.2, 0.25) is 5.91 Å². The number of hydrogen-bond acceptors (Lipinski definition) is 2. The third kappa shape index (κ3) is 3.07. The summed E-state index contributed by atoms with van der Waals surface area (Å²) in [6.07, 6.45) is 3.06. The molecule has 0 aromatic heterocycles. The Morgan fingerprint density at radius 3 is 2.76 bits per heavy atom. The molecule has 1 aliphatic carbocycles. The fraction of sp³-hybridized carbons (Fsp3) is 0.562. The molecular formula is C16H20F2N2O. The number of benzene rings is 1. The van der Waals surface area contributed by atoms with Gasteiger partial charge in [0, 0.05) is 25.2 Å². The minimum Gasteiger partial charge on any atom is -0.342 e. The molecule has 114 valence electrons. The number of fused-ring (bicyclic) bond motifs is 1. The average Bonchev–Trinajstić information content (AvgIpc) is 2.85. The number of halogens is 2. The number of carbonyl (C=O) groups excluding carboxylic acids is 1. The molecule has 1 saturated carbocycles. The molecule has 3 nitrogen and oxygen atoms in total. The quantitative estimate of drug-likeness (QED) is 0.908. The molecule has 1 heterocycles. The fourth-order valence-corrected chi connectivity index (χ4v) is 3.61. The maximum absolute atomic E-state index is 13.6. The highest BCUT2D eigenvalue weighted by Crippen LogP contribution is 2.35. The second-order valence-electron chi connectivity index (χ2n) is 6.30. The van der Waals surface area contributed by atoms with E-state index in [9.17, 15) is 13.6 Å². The molecule has 21 heavy (non-hydrogen) atoms. The van der Waals surface area contributed by atoms with Crippen molar-refractivity contribution < 1.29 is 13.6 Å². The summed E-state index contributed by atoms with van der Waals surface area (Å²) in [5, 5.41) is 0. The summed E-state index contributed by atoms with van der Waals surface area (Å²) in [6.45, 7) is 1.47. The van der Waals surface area contributed by atoms with Crippen molar-refractivity contribution >= 4 is 5.91 Å². The molecule has 2 fully saturated rings. The van der Waals surface area contributed by atoms with E-state index in [1.807, 2.05) is 4.90 Å². The van der Waals surface area contributed by atoms with E-state index in [-0.39, 0.29) is 23.9 Å². The van der Waals surface area contributed by atoms with E-state index in [2.05, 4.69) is 0 Å². The van der Waals surface area contributed by atoms with E-state index in [0.717, 1.165) is 38.4 Å². The first-order valence-electron chi connectivity index (χ1n) is 7.50. The summed E-state index contributed by atoms with van der Waals surface area (Å²) in [5.41, 5.74) is 6.24. The molecule has 1 aromatic carbocycles. The minimum absolute atomic E-state index is 0.00237. The highest BCUT2D eigenvalue weighted by Gasteiger charge is 2.38. The van der Waals surface area contributed by atoms with Gasteiger partial charge >= 0.3 is 0 Å². The molecule has 2 N–H and O–H groups in total. The van der Waals surface area contributed by atoms with Crippen LogP contribution in [0.3, 0.4) is 0 Å². The van der Waals surface area contributed by atoms with Crippen molar-refractivity contribution in [2.45, 2.75) is 31.7 Å². The predicted octanol–water partition coefficient (Wildman–Crippen LogP) is 2.09.